The molecule has 0 aliphatic rings. The van der Waals surface area contributed by atoms with Gasteiger partial charge in [-0.3, -0.25) is 4.79 Å². The van der Waals surface area contributed by atoms with Gasteiger partial charge in [0, 0.05) is 24.7 Å². The minimum Gasteiger partial charge on any atom is -0.368 e. The summed E-state index contributed by atoms with van der Waals surface area (Å²) in [5.74, 6) is 0.405. The monoisotopic (exact) mass is 390 g/mol. The summed E-state index contributed by atoms with van der Waals surface area (Å²) in [7, 11) is -3.53. The van der Waals surface area contributed by atoms with Crippen LogP contribution in [0.1, 0.15) is 38.1 Å². The van der Waals surface area contributed by atoms with E-state index in [1.807, 2.05) is 13.8 Å². The number of sulfonamides is 1. The first-order chi connectivity index (χ1) is 12.8. The van der Waals surface area contributed by atoms with Crippen LogP contribution in [0, 0.1) is 0 Å². The number of pyridine rings is 1. The molecule has 1 aromatic heterocycles. The first kappa shape index (κ1) is 20.9. The molecule has 1 aromatic carbocycles. The van der Waals surface area contributed by atoms with Crippen LogP contribution < -0.4 is 10.6 Å². The molecule has 0 radical (unpaired) electrons. The van der Waals surface area contributed by atoms with Gasteiger partial charge in [-0.25, -0.2) is 13.4 Å². The number of aromatic nitrogens is 1. The third-order valence-corrected chi connectivity index (χ3v) is 5.98. The molecule has 0 saturated carbocycles. The van der Waals surface area contributed by atoms with Gasteiger partial charge in [0.15, 0.2) is 0 Å². The molecule has 2 aromatic rings. The number of carbonyl (C=O) groups excluding carboxylic acids is 1. The van der Waals surface area contributed by atoms with Crippen LogP contribution in [0.5, 0.6) is 0 Å². The molecule has 27 heavy (non-hydrogen) atoms. The van der Waals surface area contributed by atoms with Gasteiger partial charge in [-0.05, 0) is 50.2 Å². The Kier molecular flexibility index (Phi) is 6.92. The van der Waals surface area contributed by atoms with E-state index in [4.69, 9.17) is 0 Å². The third kappa shape index (κ3) is 5.27. The van der Waals surface area contributed by atoms with Crippen molar-refractivity contribution in [2.75, 3.05) is 23.7 Å². The molecule has 0 saturated heterocycles. The lowest BCUT2D eigenvalue weighted by Gasteiger charge is -2.18. The molecule has 7 nitrogen and oxygen atoms in total. The maximum atomic E-state index is 12.5. The highest BCUT2D eigenvalue weighted by Gasteiger charge is 2.21. The van der Waals surface area contributed by atoms with Crippen molar-refractivity contribution in [2.24, 2.45) is 0 Å². The van der Waals surface area contributed by atoms with E-state index >= 15 is 0 Å². The second-order valence-corrected chi connectivity index (χ2v) is 8.24. The van der Waals surface area contributed by atoms with Crippen LogP contribution in [-0.4, -0.2) is 42.7 Å². The number of nitrogens with one attached hydrogen (secondary N) is 2. The van der Waals surface area contributed by atoms with Crippen LogP contribution in [0.3, 0.4) is 0 Å². The molecule has 2 rings (SSSR count). The lowest BCUT2D eigenvalue weighted by Crippen LogP contribution is -2.30. The SMILES string of the molecule is CCN(CC)S(=O)(=O)c1ccc(C(=O)Nc2ccc(NC(C)C)nc2)cc1. The highest BCUT2D eigenvalue weighted by Crippen LogP contribution is 2.17. The summed E-state index contributed by atoms with van der Waals surface area (Å²) in [6, 6.07) is 9.74. The van der Waals surface area contributed by atoms with Gasteiger partial charge in [0.05, 0.1) is 16.8 Å². The average molecular weight is 391 g/mol. The zero-order valence-corrected chi connectivity index (χ0v) is 16.9. The molecule has 1 heterocycles. The van der Waals surface area contributed by atoms with Crippen LogP contribution in [0.25, 0.3) is 0 Å². The van der Waals surface area contributed by atoms with E-state index in [-0.39, 0.29) is 16.8 Å². The van der Waals surface area contributed by atoms with Crippen LogP contribution >= 0.6 is 0 Å². The van der Waals surface area contributed by atoms with Crippen molar-refractivity contribution in [3.63, 3.8) is 0 Å². The van der Waals surface area contributed by atoms with Gasteiger partial charge in [0.25, 0.3) is 5.91 Å². The molecule has 146 valence electrons. The Balaban J connectivity index is 2.09. The first-order valence-electron chi connectivity index (χ1n) is 8.92. The fourth-order valence-electron chi connectivity index (χ4n) is 2.54. The lowest BCUT2D eigenvalue weighted by molar-refractivity contribution is 0.102. The van der Waals surface area contributed by atoms with E-state index in [1.54, 1.807) is 32.2 Å². The number of nitrogens with zero attached hydrogens (tertiary/aromatic N) is 2. The maximum absolute atomic E-state index is 12.5. The van der Waals surface area contributed by atoms with Crippen molar-refractivity contribution in [1.82, 2.24) is 9.29 Å². The number of carbonyl (C=O) groups is 1. The van der Waals surface area contributed by atoms with Gasteiger partial charge in [-0.15, -0.1) is 0 Å². The Morgan fingerprint density at radius 2 is 1.70 bits per heavy atom. The van der Waals surface area contributed by atoms with Gasteiger partial charge >= 0.3 is 0 Å². The summed E-state index contributed by atoms with van der Waals surface area (Å²) < 4.78 is 26.3. The Morgan fingerprint density at radius 1 is 1.07 bits per heavy atom. The molecule has 0 atom stereocenters. The largest absolute Gasteiger partial charge is 0.368 e. The molecule has 0 fully saturated rings. The molecule has 8 heteroatoms. The fraction of sp³-hybridized carbons (Fsp3) is 0.368. The smallest absolute Gasteiger partial charge is 0.255 e. The maximum Gasteiger partial charge on any atom is 0.255 e. The van der Waals surface area contributed by atoms with Crippen molar-refractivity contribution < 1.29 is 13.2 Å². The summed E-state index contributed by atoms with van der Waals surface area (Å²) in [5, 5.41) is 5.92. The second kappa shape index (κ2) is 8.96. The van der Waals surface area contributed by atoms with Crippen molar-refractivity contribution in [3.05, 3.63) is 48.2 Å². The van der Waals surface area contributed by atoms with Crippen LogP contribution in [0.15, 0.2) is 47.5 Å². The highest BCUT2D eigenvalue weighted by atomic mass is 32.2. The fourth-order valence-corrected chi connectivity index (χ4v) is 4.00. The highest BCUT2D eigenvalue weighted by molar-refractivity contribution is 7.89. The standard InChI is InChI=1S/C19H26N4O3S/c1-5-23(6-2)27(25,26)17-10-7-15(8-11-17)19(24)22-16-9-12-18(20-13-16)21-14(3)4/h7-14H,5-6H2,1-4H3,(H,20,21)(H,22,24). The lowest BCUT2D eigenvalue weighted by atomic mass is 10.2. The minimum atomic E-state index is -3.53. The molecule has 2 N–H and O–H groups in total. The predicted molar refractivity (Wildman–Crippen MR) is 107 cm³/mol. The van der Waals surface area contributed by atoms with Crippen molar-refractivity contribution in [1.29, 1.82) is 0 Å². The number of hydrogen-bond acceptors (Lipinski definition) is 5. The number of anilines is 2. The quantitative estimate of drug-likeness (QED) is 0.722. The van der Waals surface area contributed by atoms with Crippen molar-refractivity contribution in [2.45, 2.75) is 38.6 Å². The van der Waals surface area contributed by atoms with Gasteiger partial charge in [0.1, 0.15) is 5.82 Å². The molecule has 1 amide bonds. The van der Waals surface area contributed by atoms with Crippen molar-refractivity contribution in [3.8, 4) is 0 Å². The Hall–Kier alpha value is -2.45. The number of hydrogen-bond donors (Lipinski definition) is 2. The molecular formula is C19H26N4O3S. The summed E-state index contributed by atoms with van der Waals surface area (Å²) in [4.78, 5) is 16.8. The Bertz CT molecular complexity index is 859. The van der Waals surface area contributed by atoms with Gasteiger partial charge < -0.3 is 10.6 Å². The van der Waals surface area contributed by atoms with E-state index in [0.29, 0.717) is 24.3 Å². The summed E-state index contributed by atoms with van der Waals surface area (Å²) in [6.45, 7) is 8.41. The molecule has 0 unspecified atom stereocenters. The minimum absolute atomic E-state index is 0.175. The molecule has 0 bridgehead atoms. The predicted octanol–water partition coefficient (Wildman–Crippen LogP) is 3.18. The second-order valence-electron chi connectivity index (χ2n) is 6.30. The van der Waals surface area contributed by atoms with E-state index in [1.165, 1.54) is 28.6 Å². The summed E-state index contributed by atoms with van der Waals surface area (Å²) in [6.07, 6.45) is 1.57. The average Bonchev–Trinajstić information content (AvgIpc) is 2.64. The van der Waals surface area contributed by atoms with Gasteiger partial charge in [-0.1, -0.05) is 13.8 Å². The van der Waals surface area contributed by atoms with Crippen LogP contribution in [0.4, 0.5) is 11.5 Å². The molecule has 0 aliphatic carbocycles. The van der Waals surface area contributed by atoms with Gasteiger partial charge in [-0.2, -0.15) is 4.31 Å². The summed E-state index contributed by atoms with van der Waals surface area (Å²) >= 11 is 0. The van der Waals surface area contributed by atoms with Crippen LogP contribution in [0.2, 0.25) is 0 Å². The van der Waals surface area contributed by atoms with E-state index in [9.17, 15) is 13.2 Å². The Morgan fingerprint density at radius 3 is 2.19 bits per heavy atom. The topological polar surface area (TPSA) is 91.4 Å². The van der Waals surface area contributed by atoms with E-state index in [0.717, 1.165) is 5.82 Å². The van der Waals surface area contributed by atoms with E-state index < -0.39 is 10.0 Å². The zero-order valence-electron chi connectivity index (χ0n) is 16.1. The number of rotatable bonds is 8. The number of amides is 1. The molecule has 0 aliphatic heterocycles. The number of benzene rings is 1. The third-order valence-electron chi connectivity index (χ3n) is 3.92. The van der Waals surface area contributed by atoms with Crippen molar-refractivity contribution >= 4 is 27.4 Å². The normalized spacial score (nSPS) is 11.6. The summed E-state index contributed by atoms with van der Waals surface area (Å²) in [5.41, 5.74) is 0.937. The Labute approximate surface area is 160 Å². The first-order valence-corrected chi connectivity index (χ1v) is 10.4. The molecular weight excluding hydrogens is 364 g/mol. The van der Waals surface area contributed by atoms with Crippen LogP contribution in [-0.2, 0) is 10.0 Å². The van der Waals surface area contributed by atoms with E-state index in [2.05, 4.69) is 15.6 Å². The zero-order chi connectivity index (χ0) is 20.0. The van der Waals surface area contributed by atoms with Gasteiger partial charge in [0.2, 0.25) is 10.0 Å². The molecule has 0 spiro atoms.